The van der Waals surface area contributed by atoms with Crippen molar-refractivity contribution < 1.29 is 0 Å². The Kier molecular flexibility index (Phi) is 2.28. The first-order chi connectivity index (χ1) is 7.36. The average molecular weight is 236 g/mol. The SMILES string of the molecule is Clc1ccsc1C1NCc2ccccc21. The van der Waals surface area contributed by atoms with Crippen molar-refractivity contribution in [2.75, 3.05) is 0 Å². The van der Waals surface area contributed by atoms with Crippen molar-refractivity contribution in [3.05, 3.63) is 56.7 Å². The molecule has 1 aliphatic heterocycles. The van der Waals surface area contributed by atoms with Gasteiger partial charge in [0.15, 0.2) is 0 Å². The Hall–Kier alpha value is -0.830. The predicted molar refractivity (Wildman–Crippen MR) is 64.5 cm³/mol. The summed E-state index contributed by atoms with van der Waals surface area (Å²) in [5, 5.41) is 6.40. The Morgan fingerprint density at radius 1 is 1.27 bits per heavy atom. The van der Waals surface area contributed by atoms with Gasteiger partial charge in [0.05, 0.1) is 11.1 Å². The average Bonchev–Trinajstić information content (AvgIpc) is 2.83. The number of hydrogen-bond donors (Lipinski definition) is 1. The van der Waals surface area contributed by atoms with E-state index in [2.05, 4.69) is 29.6 Å². The smallest absolute Gasteiger partial charge is 0.0691 e. The van der Waals surface area contributed by atoms with Crippen LogP contribution in [0.4, 0.5) is 0 Å². The van der Waals surface area contributed by atoms with Crippen LogP contribution in [0.5, 0.6) is 0 Å². The molecule has 76 valence electrons. The number of hydrogen-bond acceptors (Lipinski definition) is 2. The normalized spacial score (nSPS) is 19.1. The maximum absolute atomic E-state index is 6.16. The molecule has 1 aliphatic rings. The molecule has 2 aromatic rings. The van der Waals surface area contributed by atoms with E-state index in [0.717, 1.165) is 11.6 Å². The van der Waals surface area contributed by atoms with E-state index in [1.165, 1.54) is 16.0 Å². The van der Waals surface area contributed by atoms with Crippen molar-refractivity contribution in [3.63, 3.8) is 0 Å². The summed E-state index contributed by atoms with van der Waals surface area (Å²) < 4.78 is 0. The maximum Gasteiger partial charge on any atom is 0.0691 e. The summed E-state index contributed by atoms with van der Waals surface area (Å²) in [5.74, 6) is 0. The van der Waals surface area contributed by atoms with Gasteiger partial charge < -0.3 is 5.32 Å². The lowest BCUT2D eigenvalue weighted by molar-refractivity contribution is 0.677. The molecule has 0 aliphatic carbocycles. The first kappa shape index (κ1) is 9.40. The molecular weight excluding hydrogens is 226 g/mol. The summed E-state index contributed by atoms with van der Waals surface area (Å²) in [6.45, 7) is 0.940. The van der Waals surface area contributed by atoms with Gasteiger partial charge in [0.2, 0.25) is 0 Å². The molecule has 0 radical (unpaired) electrons. The van der Waals surface area contributed by atoms with Crippen LogP contribution in [-0.2, 0) is 6.54 Å². The minimum atomic E-state index is 0.286. The molecule has 1 aromatic carbocycles. The fourth-order valence-electron chi connectivity index (χ4n) is 2.04. The van der Waals surface area contributed by atoms with Gasteiger partial charge >= 0.3 is 0 Å². The molecule has 0 saturated heterocycles. The van der Waals surface area contributed by atoms with E-state index in [1.807, 2.05) is 11.4 Å². The van der Waals surface area contributed by atoms with Gasteiger partial charge in [-0.05, 0) is 22.6 Å². The highest BCUT2D eigenvalue weighted by molar-refractivity contribution is 7.10. The summed E-state index contributed by atoms with van der Waals surface area (Å²) in [6.07, 6.45) is 0. The Bertz CT molecular complexity index is 492. The molecular formula is C12H10ClNS. The molecule has 1 unspecified atom stereocenters. The molecule has 3 rings (SSSR count). The molecule has 15 heavy (non-hydrogen) atoms. The highest BCUT2D eigenvalue weighted by Gasteiger charge is 2.25. The zero-order chi connectivity index (χ0) is 10.3. The van der Waals surface area contributed by atoms with E-state index in [0.29, 0.717) is 0 Å². The Labute approximate surface area is 97.7 Å². The first-order valence-corrected chi connectivity index (χ1v) is 6.16. The van der Waals surface area contributed by atoms with Crippen LogP contribution in [0.1, 0.15) is 22.0 Å². The standard InChI is InChI=1S/C12H10ClNS/c13-10-5-6-15-12(10)11-9-4-2-1-3-8(9)7-14-11/h1-6,11,14H,7H2. The molecule has 2 heterocycles. The lowest BCUT2D eigenvalue weighted by Gasteiger charge is -2.10. The molecule has 1 atom stereocenters. The molecule has 0 amide bonds. The third-order valence-electron chi connectivity index (χ3n) is 2.77. The number of nitrogens with one attached hydrogen (secondary N) is 1. The van der Waals surface area contributed by atoms with Gasteiger partial charge in [0.25, 0.3) is 0 Å². The van der Waals surface area contributed by atoms with Crippen LogP contribution in [-0.4, -0.2) is 0 Å². The second kappa shape index (κ2) is 3.63. The first-order valence-electron chi connectivity index (χ1n) is 4.90. The number of thiophene rings is 1. The van der Waals surface area contributed by atoms with Gasteiger partial charge in [-0.3, -0.25) is 0 Å². The Balaban J connectivity index is 2.08. The zero-order valence-electron chi connectivity index (χ0n) is 8.03. The Morgan fingerprint density at radius 2 is 2.13 bits per heavy atom. The second-order valence-corrected chi connectivity index (χ2v) is 5.00. The van der Waals surface area contributed by atoms with Gasteiger partial charge in [-0.1, -0.05) is 35.9 Å². The van der Waals surface area contributed by atoms with Crippen molar-refractivity contribution in [1.29, 1.82) is 0 Å². The zero-order valence-corrected chi connectivity index (χ0v) is 9.61. The third-order valence-corrected chi connectivity index (χ3v) is 4.19. The van der Waals surface area contributed by atoms with Crippen LogP contribution in [0.15, 0.2) is 35.7 Å². The molecule has 1 aromatic heterocycles. The van der Waals surface area contributed by atoms with Crippen LogP contribution in [0.25, 0.3) is 0 Å². The van der Waals surface area contributed by atoms with Crippen molar-refractivity contribution in [3.8, 4) is 0 Å². The van der Waals surface area contributed by atoms with Gasteiger partial charge in [0, 0.05) is 11.4 Å². The van der Waals surface area contributed by atoms with Gasteiger partial charge in [-0.15, -0.1) is 11.3 Å². The highest BCUT2D eigenvalue weighted by Crippen LogP contribution is 2.37. The molecule has 0 spiro atoms. The Morgan fingerprint density at radius 3 is 2.93 bits per heavy atom. The van der Waals surface area contributed by atoms with Crippen molar-refractivity contribution in [2.24, 2.45) is 0 Å². The minimum absolute atomic E-state index is 0.286. The number of fused-ring (bicyclic) bond motifs is 1. The van der Waals surface area contributed by atoms with E-state index >= 15 is 0 Å². The monoisotopic (exact) mass is 235 g/mol. The van der Waals surface area contributed by atoms with Crippen molar-refractivity contribution in [2.45, 2.75) is 12.6 Å². The van der Waals surface area contributed by atoms with Crippen molar-refractivity contribution >= 4 is 22.9 Å². The molecule has 0 saturated carbocycles. The molecule has 3 heteroatoms. The van der Waals surface area contributed by atoms with Gasteiger partial charge in [0.1, 0.15) is 0 Å². The summed E-state index contributed by atoms with van der Waals surface area (Å²) in [6, 6.07) is 10.8. The number of benzene rings is 1. The van der Waals surface area contributed by atoms with Gasteiger partial charge in [-0.25, -0.2) is 0 Å². The molecule has 1 N–H and O–H groups in total. The van der Waals surface area contributed by atoms with E-state index < -0.39 is 0 Å². The van der Waals surface area contributed by atoms with Crippen LogP contribution < -0.4 is 5.32 Å². The van der Waals surface area contributed by atoms with Crippen LogP contribution >= 0.6 is 22.9 Å². The predicted octanol–water partition coefficient (Wildman–Crippen LogP) is 3.59. The van der Waals surface area contributed by atoms with Crippen LogP contribution in [0, 0.1) is 0 Å². The summed E-state index contributed by atoms with van der Waals surface area (Å²) in [7, 11) is 0. The maximum atomic E-state index is 6.16. The fourth-order valence-corrected chi connectivity index (χ4v) is 3.30. The molecule has 0 bridgehead atoms. The summed E-state index contributed by atoms with van der Waals surface area (Å²) >= 11 is 7.87. The largest absolute Gasteiger partial charge is 0.301 e. The summed E-state index contributed by atoms with van der Waals surface area (Å²) in [5.41, 5.74) is 2.74. The number of rotatable bonds is 1. The molecule has 0 fully saturated rings. The lowest BCUT2D eigenvalue weighted by Crippen LogP contribution is -2.12. The third kappa shape index (κ3) is 1.49. The topological polar surface area (TPSA) is 12.0 Å². The quantitative estimate of drug-likeness (QED) is 0.797. The lowest BCUT2D eigenvalue weighted by atomic mass is 10.0. The van der Waals surface area contributed by atoms with E-state index in [4.69, 9.17) is 11.6 Å². The van der Waals surface area contributed by atoms with E-state index in [-0.39, 0.29) is 6.04 Å². The molecule has 1 nitrogen and oxygen atoms in total. The van der Waals surface area contributed by atoms with Crippen molar-refractivity contribution in [1.82, 2.24) is 5.32 Å². The second-order valence-electron chi connectivity index (χ2n) is 3.65. The van der Waals surface area contributed by atoms with E-state index in [9.17, 15) is 0 Å². The van der Waals surface area contributed by atoms with Gasteiger partial charge in [-0.2, -0.15) is 0 Å². The van der Waals surface area contributed by atoms with E-state index in [1.54, 1.807) is 11.3 Å². The minimum Gasteiger partial charge on any atom is -0.301 e. The highest BCUT2D eigenvalue weighted by atomic mass is 35.5. The van der Waals surface area contributed by atoms with Crippen LogP contribution in [0.2, 0.25) is 5.02 Å². The summed E-state index contributed by atoms with van der Waals surface area (Å²) in [4.78, 5) is 1.22. The van der Waals surface area contributed by atoms with Crippen LogP contribution in [0.3, 0.4) is 0 Å². The number of halogens is 1. The fraction of sp³-hybridized carbons (Fsp3) is 0.167.